The highest BCUT2D eigenvalue weighted by Gasteiger charge is 2.34. The Labute approximate surface area is 291 Å². The summed E-state index contributed by atoms with van der Waals surface area (Å²) in [6.07, 6.45) is 3.19. The van der Waals surface area contributed by atoms with Crippen molar-refractivity contribution in [3.63, 3.8) is 0 Å². The summed E-state index contributed by atoms with van der Waals surface area (Å²) < 4.78 is 39.4. The van der Waals surface area contributed by atoms with Crippen molar-refractivity contribution in [1.29, 1.82) is 0 Å². The number of halogens is 3. The number of piperazine rings is 1. The third kappa shape index (κ3) is 10.6. The van der Waals surface area contributed by atoms with Crippen LogP contribution in [-0.2, 0) is 41.7 Å². The van der Waals surface area contributed by atoms with Gasteiger partial charge >= 0.3 is 6.18 Å². The van der Waals surface area contributed by atoms with E-state index in [1.807, 2.05) is 53.4 Å². The highest BCUT2D eigenvalue weighted by atomic mass is 32.1. The topological polar surface area (TPSA) is 43.9 Å². The Kier molecular flexibility index (Phi) is 12.8. The van der Waals surface area contributed by atoms with Crippen molar-refractivity contribution in [2.45, 2.75) is 64.3 Å². The molecule has 4 aromatic rings. The van der Waals surface area contributed by atoms with E-state index in [-0.39, 0.29) is 18.4 Å². The third-order valence-electron chi connectivity index (χ3n) is 8.96. The molecular formula is C40H44F3N3O2S. The van der Waals surface area contributed by atoms with E-state index in [9.17, 15) is 22.8 Å². The summed E-state index contributed by atoms with van der Waals surface area (Å²) in [5.74, 6) is -0.482. The predicted octanol–water partition coefficient (Wildman–Crippen LogP) is 8.50. The highest BCUT2D eigenvalue weighted by Crippen LogP contribution is 2.29. The maximum atomic E-state index is 14.5. The predicted molar refractivity (Wildman–Crippen MR) is 191 cm³/mol. The molecule has 3 aromatic carbocycles. The average Bonchev–Trinajstić information content (AvgIpc) is 3.63. The molecule has 0 saturated carbocycles. The van der Waals surface area contributed by atoms with E-state index in [2.05, 4.69) is 35.4 Å². The van der Waals surface area contributed by atoms with Crippen molar-refractivity contribution in [3.05, 3.63) is 135 Å². The maximum absolute atomic E-state index is 14.5. The zero-order valence-corrected chi connectivity index (χ0v) is 28.8. The number of benzene rings is 3. The SMILES string of the molecule is CCCCCc1ccc(CN(C(=O)C=Cc2ccc(C(F)(F)F)cc2)[C@@H](Cc2ccccc2)C(=O)N2CCN(Cc3cccs3)CC2)cc1. The third-order valence-corrected chi connectivity index (χ3v) is 9.82. The van der Waals surface area contributed by atoms with Gasteiger partial charge in [0.25, 0.3) is 0 Å². The van der Waals surface area contributed by atoms with Crippen LogP contribution in [0.15, 0.2) is 102 Å². The first-order valence-electron chi connectivity index (χ1n) is 17.0. The number of hydrogen-bond acceptors (Lipinski definition) is 4. The standard InChI is InChI=1S/C40H44F3N3O2S/c1-2-3-5-9-31-13-15-34(16-14-31)29-46(38(47)22-19-32-17-20-35(21-18-32)40(41,42)43)37(28-33-10-6-4-7-11-33)39(48)45-25-23-44(24-26-45)30-36-12-8-27-49-36/h4,6-8,10-22,27,37H,2-3,5,9,23-26,28-30H2,1H3/t37-/m0/s1. The van der Waals surface area contributed by atoms with Gasteiger partial charge in [-0.15, -0.1) is 11.3 Å². The Morgan fingerprint density at radius 2 is 1.53 bits per heavy atom. The molecule has 0 aliphatic carbocycles. The molecule has 0 N–H and O–H groups in total. The zero-order valence-electron chi connectivity index (χ0n) is 27.9. The van der Waals surface area contributed by atoms with Crippen LogP contribution in [0, 0.1) is 0 Å². The number of aryl methyl sites for hydroxylation is 1. The minimum absolute atomic E-state index is 0.105. The Morgan fingerprint density at radius 3 is 2.16 bits per heavy atom. The number of thiophene rings is 1. The van der Waals surface area contributed by atoms with Gasteiger partial charge in [-0.3, -0.25) is 14.5 Å². The van der Waals surface area contributed by atoms with Crippen LogP contribution in [0.25, 0.3) is 6.08 Å². The molecule has 1 aromatic heterocycles. The number of hydrogen-bond donors (Lipinski definition) is 0. The fourth-order valence-corrected chi connectivity index (χ4v) is 6.85. The normalized spacial score (nSPS) is 14.7. The van der Waals surface area contributed by atoms with Crippen molar-refractivity contribution >= 4 is 29.2 Å². The molecule has 0 spiro atoms. The van der Waals surface area contributed by atoms with Crippen LogP contribution in [-0.4, -0.2) is 58.7 Å². The van der Waals surface area contributed by atoms with Crippen LogP contribution >= 0.6 is 11.3 Å². The van der Waals surface area contributed by atoms with Crippen LogP contribution < -0.4 is 0 Å². The highest BCUT2D eigenvalue weighted by molar-refractivity contribution is 7.09. The number of nitrogens with zero attached hydrogens (tertiary/aromatic N) is 3. The molecule has 1 aliphatic rings. The number of unbranched alkanes of at least 4 members (excludes halogenated alkanes) is 2. The number of alkyl halides is 3. The Balaban J connectivity index is 1.40. The fraction of sp³-hybridized carbons (Fsp3) is 0.350. The van der Waals surface area contributed by atoms with Gasteiger partial charge in [-0.1, -0.05) is 92.6 Å². The zero-order chi connectivity index (χ0) is 34.6. The van der Waals surface area contributed by atoms with E-state index < -0.39 is 17.8 Å². The number of carbonyl (C=O) groups is 2. The molecule has 2 heterocycles. The minimum atomic E-state index is -4.44. The molecule has 0 unspecified atom stereocenters. The number of rotatable bonds is 14. The largest absolute Gasteiger partial charge is 0.416 e. The molecular weight excluding hydrogens is 644 g/mol. The Hall–Kier alpha value is -4.21. The van der Waals surface area contributed by atoms with E-state index in [0.717, 1.165) is 62.2 Å². The molecule has 49 heavy (non-hydrogen) atoms. The summed E-state index contributed by atoms with van der Waals surface area (Å²) in [6.45, 7) is 5.84. The summed E-state index contributed by atoms with van der Waals surface area (Å²) in [5.41, 5.74) is 2.79. The lowest BCUT2D eigenvalue weighted by Crippen LogP contribution is -2.56. The van der Waals surface area contributed by atoms with E-state index in [1.165, 1.54) is 41.1 Å². The number of carbonyl (C=O) groups excluding carboxylic acids is 2. The first-order chi connectivity index (χ1) is 23.7. The van der Waals surface area contributed by atoms with E-state index in [0.29, 0.717) is 25.1 Å². The van der Waals surface area contributed by atoms with Crippen molar-refractivity contribution in [1.82, 2.24) is 14.7 Å². The monoisotopic (exact) mass is 687 g/mol. The molecule has 1 saturated heterocycles. The molecule has 0 bridgehead atoms. The molecule has 1 aliphatic heterocycles. The van der Waals surface area contributed by atoms with E-state index in [1.54, 1.807) is 16.2 Å². The molecule has 0 radical (unpaired) electrons. The van der Waals surface area contributed by atoms with E-state index in [4.69, 9.17) is 0 Å². The quantitative estimate of drug-likeness (QED) is 0.0987. The van der Waals surface area contributed by atoms with Gasteiger partial charge < -0.3 is 9.80 Å². The maximum Gasteiger partial charge on any atom is 0.416 e. The first kappa shape index (κ1) is 36.1. The summed E-state index contributed by atoms with van der Waals surface area (Å²) in [4.78, 5) is 35.7. The van der Waals surface area contributed by atoms with E-state index >= 15 is 0 Å². The Morgan fingerprint density at radius 1 is 0.837 bits per heavy atom. The molecule has 9 heteroatoms. The molecule has 5 nitrogen and oxygen atoms in total. The van der Waals surface area contributed by atoms with Gasteiger partial charge in [0.1, 0.15) is 6.04 Å². The molecule has 2 amide bonds. The summed E-state index contributed by atoms with van der Waals surface area (Å²) >= 11 is 1.73. The molecule has 1 fully saturated rings. The average molecular weight is 688 g/mol. The fourth-order valence-electron chi connectivity index (χ4n) is 6.10. The summed E-state index contributed by atoms with van der Waals surface area (Å²) in [5, 5.41) is 2.07. The smallest absolute Gasteiger partial charge is 0.338 e. The van der Waals surface area contributed by atoms with Gasteiger partial charge in [0.2, 0.25) is 11.8 Å². The van der Waals surface area contributed by atoms with Gasteiger partial charge in [0.05, 0.1) is 5.56 Å². The molecule has 5 rings (SSSR count). The van der Waals surface area contributed by atoms with Gasteiger partial charge in [0, 0.05) is 56.6 Å². The van der Waals surface area contributed by atoms with Crippen LogP contribution in [0.4, 0.5) is 13.2 Å². The Bertz CT molecular complexity index is 1630. The second-order valence-electron chi connectivity index (χ2n) is 12.6. The van der Waals surface area contributed by atoms with Crippen molar-refractivity contribution < 1.29 is 22.8 Å². The summed E-state index contributed by atoms with van der Waals surface area (Å²) in [6, 6.07) is 26.0. The van der Waals surface area contributed by atoms with Crippen molar-refractivity contribution in [3.8, 4) is 0 Å². The van der Waals surface area contributed by atoms with Gasteiger partial charge in [-0.25, -0.2) is 0 Å². The lowest BCUT2D eigenvalue weighted by molar-refractivity contribution is -0.145. The second kappa shape index (κ2) is 17.4. The van der Waals surface area contributed by atoms with Crippen LogP contribution in [0.5, 0.6) is 0 Å². The minimum Gasteiger partial charge on any atom is -0.338 e. The van der Waals surface area contributed by atoms with Gasteiger partial charge in [-0.05, 0) is 64.8 Å². The molecule has 258 valence electrons. The lowest BCUT2D eigenvalue weighted by Gasteiger charge is -2.39. The van der Waals surface area contributed by atoms with Crippen molar-refractivity contribution in [2.24, 2.45) is 0 Å². The lowest BCUT2D eigenvalue weighted by atomic mass is 10.0. The van der Waals surface area contributed by atoms with Crippen molar-refractivity contribution in [2.75, 3.05) is 26.2 Å². The van der Waals surface area contributed by atoms with Gasteiger partial charge in [-0.2, -0.15) is 13.2 Å². The number of amides is 2. The van der Waals surface area contributed by atoms with Gasteiger partial charge in [0.15, 0.2) is 0 Å². The first-order valence-corrected chi connectivity index (χ1v) is 17.9. The van der Waals surface area contributed by atoms with Crippen LogP contribution in [0.2, 0.25) is 0 Å². The second-order valence-corrected chi connectivity index (χ2v) is 13.6. The summed E-state index contributed by atoms with van der Waals surface area (Å²) in [7, 11) is 0. The van der Waals surface area contributed by atoms with Crippen LogP contribution in [0.1, 0.15) is 58.9 Å². The molecule has 1 atom stereocenters. The van der Waals surface area contributed by atoms with Crippen LogP contribution in [0.3, 0.4) is 0 Å².